The summed E-state index contributed by atoms with van der Waals surface area (Å²) in [6, 6.07) is 11.2. The van der Waals surface area contributed by atoms with Crippen LogP contribution >= 0.6 is 0 Å². The van der Waals surface area contributed by atoms with E-state index in [2.05, 4.69) is 5.32 Å². The first-order chi connectivity index (χ1) is 18.3. The minimum atomic E-state index is -0.986. The summed E-state index contributed by atoms with van der Waals surface area (Å²) in [5, 5.41) is 3.00. The van der Waals surface area contributed by atoms with E-state index in [9.17, 15) is 14.4 Å². The molecule has 2 aromatic carbocycles. The van der Waals surface area contributed by atoms with Gasteiger partial charge in [0.05, 0.1) is 13.7 Å². The molecule has 0 radical (unpaired) electrons. The molecule has 2 fully saturated rings. The minimum absolute atomic E-state index is 0.0295. The van der Waals surface area contributed by atoms with Crippen LogP contribution in [-0.2, 0) is 9.53 Å². The highest BCUT2D eigenvalue weighted by molar-refractivity contribution is 5.99. The summed E-state index contributed by atoms with van der Waals surface area (Å²) >= 11 is 0. The molecule has 202 valence electrons. The third-order valence-electron chi connectivity index (χ3n) is 7.57. The first kappa shape index (κ1) is 25.8. The molecule has 0 aliphatic carbocycles. The fourth-order valence-corrected chi connectivity index (χ4v) is 5.15. The molecule has 2 saturated heterocycles. The van der Waals surface area contributed by atoms with Gasteiger partial charge in [0.25, 0.3) is 11.8 Å². The van der Waals surface area contributed by atoms with Crippen LogP contribution in [0.15, 0.2) is 42.5 Å². The van der Waals surface area contributed by atoms with Crippen LogP contribution in [0.3, 0.4) is 0 Å². The van der Waals surface area contributed by atoms with E-state index in [1.807, 2.05) is 13.8 Å². The Morgan fingerprint density at radius 1 is 1.03 bits per heavy atom. The van der Waals surface area contributed by atoms with Gasteiger partial charge in [0.1, 0.15) is 17.5 Å². The molecule has 2 aromatic rings. The van der Waals surface area contributed by atoms with E-state index in [1.54, 1.807) is 59.4 Å². The number of fused-ring (bicyclic) bond motifs is 1. The minimum Gasteiger partial charge on any atom is -0.497 e. The summed E-state index contributed by atoms with van der Waals surface area (Å²) in [4.78, 5) is 43.7. The number of nitrogens with one attached hydrogen (secondary N) is 1. The molecule has 38 heavy (non-hydrogen) atoms. The van der Waals surface area contributed by atoms with Crippen LogP contribution in [0.25, 0.3) is 0 Å². The van der Waals surface area contributed by atoms with Gasteiger partial charge in [-0.15, -0.1) is 0 Å². The van der Waals surface area contributed by atoms with Crippen LogP contribution < -0.4 is 19.5 Å². The lowest BCUT2D eigenvalue weighted by molar-refractivity contribution is -0.128. The Hall–Kier alpha value is -3.79. The smallest absolute Gasteiger partial charge is 0.256 e. The highest BCUT2D eigenvalue weighted by Crippen LogP contribution is 2.39. The van der Waals surface area contributed by atoms with Crippen LogP contribution in [-0.4, -0.2) is 78.9 Å². The second-order valence-corrected chi connectivity index (χ2v) is 9.85. The summed E-state index contributed by atoms with van der Waals surface area (Å²) in [5.74, 6) is 1.15. The Morgan fingerprint density at radius 3 is 2.39 bits per heavy atom. The molecule has 10 heteroatoms. The molecule has 3 amide bonds. The lowest BCUT2D eigenvalue weighted by Gasteiger charge is -2.44. The van der Waals surface area contributed by atoms with Crippen LogP contribution in [0.5, 0.6) is 17.2 Å². The number of amides is 3. The number of likely N-dealkylation sites (tertiary alicyclic amines) is 1. The summed E-state index contributed by atoms with van der Waals surface area (Å²) in [6.45, 7) is 4.91. The molecule has 0 saturated carbocycles. The van der Waals surface area contributed by atoms with Gasteiger partial charge in [-0.05, 0) is 55.8 Å². The van der Waals surface area contributed by atoms with Crippen molar-refractivity contribution >= 4 is 17.7 Å². The average molecular weight is 524 g/mol. The number of hydrogen-bond donors (Lipinski definition) is 1. The molecular weight excluding hydrogens is 490 g/mol. The molecular formula is C28H33N3O7. The van der Waals surface area contributed by atoms with Gasteiger partial charge in [0.15, 0.2) is 11.5 Å². The summed E-state index contributed by atoms with van der Waals surface area (Å²) in [7, 11) is 1.56. The van der Waals surface area contributed by atoms with E-state index in [4.69, 9.17) is 18.9 Å². The number of piperidine rings is 1. The highest BCUT2D eigenvalue weighted by Gasteiger charge is 2.54. The van der Waals surface area contributed by atoms with Crippen LogP contribution in [0.2, 0.25) is 0 Å². The summed E-state index contributed by atoms with van der Waals surface area (Å²) < 4.78 is 22.3. The number of hydrogen-bond acceptors (Lipinski definition) is 7. The maximum atomic E-state index is 13.9. The van der Waals surface area contributed by atoms with Gasteiger partial charge in [0.2, 0.25) is 12.7 Å². The quantitative estimate of drug-likeness (QED) is 0.621. The molecule has 0 bridgehead atoms. The van der Waals surface area contributed by atoms with Crippen molar-refractivity contribution in [1.82, 2.24) is 15.1 Å². The van der Waals surface area contributed by atoms with E-state index in [0.29, 0.717) is 54.3 Å². The van der Waals surface area contributed by atoms with Gasteiger partial charge < -0.3 is 29.2 Å². The fraction of sp³-hybridized carbons (Fsp3) is 0.464. The number of rotatable bonds is 6. The second-order valence-electron chi connectivity index (χ2n) is 9.85. The number of carbonyl (C=O) groups excluding carboxylic acids is 3. The van der Waals surface area contributed by atoms with Crippen molar-refractivity contribution < 1.29 is 33.3 Å². The van der Waals surface area contributed by atoms with Crippen molar-refractivity contribution in [2.45, 2.75) is 50.9 Å². The molecule has 1 N–H and O–H groups in total. The van der Waals surface area contributed by atoms with E-state index in [0.717, 1.165) is 6.42 Å². The van der Waals surface area contributed by atoms with Crippen LogP contribution in [0, 0.1) is 0 Å². The summed E-state index contributed by atoms with van der Waals surface area (Å²) in [6.07, 6.45) is 1.55. The standard InChI is InChI=1S/C28H33N3O7/c1-4-18(2)29-25(32)22-16-38-28(31(22)27(34)19-5-8-21(35-3)9-6-19)11-13-30(14-12-28)26(33)20-7-10-23-24(15-20)37-17-36-23/h5-10,15,18,22H,4,11-14,16-17H2,1-3H3,(H,29,32)/t18-,22+/m1/s1. The van der Waals surface area contributed by atoms with Crippen LogP contribution in [0.1, 0.15) is 53.8 Å². The normalized spacial score (nSPS) is 20.3. The molecule has 10 nitrogen and oxygen atoms in total. The summed E-state index contributed by atoms with van der Waals surface area (Å²) in [5.41, 5.74) is -0.0365. The number of benzene rings is 2. The molecule has 3 aliphatic rings. The van der Waals surface area contributed by atoms with Gasteiger partial charge in [-0.25, -0.2) is 0 Å². The van der Waals surface area contributed by atoms with Gasteiger partial charge in [-0.2, -0.15) is 0 Å². The largest absolute Gasteiger partial charge is 0.497 e. The van der Waals surface area contributed by atoms with E-state index >= 15 is 0 Å². The van der Waals surface area contributed by atoms with Gasteiger partial charge in [-0.1, -0.05) is 6.92 Å². The highest BCUT2D eigenvalue weighted by atomic mass is 16.7. The Labute approximate surface area is 221 Å². The predicted octanol–water partition coefficient (Wildman–Crippen LogP) is 2.81. The van der Waals surface area contributed by atoms with Gasteiger partial charge in [-0.3, -0.25) is 19.3 Å². The fourth-order valence-electron chi connectivity index (χ4n) is 5.15. The first-order valence-corrected chi connectivity index (χ1v) is 13.0. The van der Waals surface area contributed by atoms with Crippen molar-refractivity contribution in [3.63, 3.8) is 0 Å². The average Bonchev–Trinajstić information content (AvgIpc) is 3.57. The van der Waals surface area contributed by atoms with E-state index < -0.39 is 11.8 Å². The molecule has 3 aliphatic heterocycles. The van der Waals surface area contributed by atoms with Crippen molar-refractivity contribution in [3.05, 3.63) is 53.6 Å². The Kier molecular flexibility index (Phi) is 7.16. The maximum Gasteiger partial charge on any atom is 0.256 e. The molecule has 1 spiro atoms. The Bertz CT molecular complexity index is 1210. The van der Waals surface area contributed by atoms with Crippen LogP contribution in [0.4, 0.5) is 0 Å². The lowest BCUT2D eigenvalue weighted by Crippen LogP contribution is -2.60. The van der Waals surface area contributed by atoms with Crippen molar-refractivity contribution in [2.24, 2.45) is 0 Å². The lowest BCUT2D eigenvalue weighted by atomic mass is 9.96. The molecule has 2 atom stereocenters. The van der Waals surface area contributed by atoms with Gasteiger partial charge >= 0.3 is 0 Å². The zero-order valence-corrected chi connectivity index (χ0v) is 21.9. The third kappa shape index (κ3) is 4.76. The zero-order chi connectivity index (χ0) is 26.9. The topological polar surface area (TPSA) is 107 Å². The zero-order valence-electron chi connectivity index (χ0n) is 21.9. The maximum absolute atomic E-state index is 13.9. The monoisotopic (exact) mass is 523 g/mol. The molecule has 5 rings (SSSR count). The molecule has 0 unspecified atom stereocenters. The van der Waals surface area contributed by atoms with Crippen molar-refractivity contribution in [3.8, 4) is 17.2 Å². The van der Waals surface area contributed by atoms with E-state index in [1.165, 1.54) is 0 Å². The number of methoxy groups -OCH3 is 1. The number of ether oxygens (including phenoxy) is 4. The first-order valence-electron chi connectivity index (χ1n) is 13.0. The number of nitrogens with zero attached hydrogens (tertiary/aromatic N) is 2. The Balaban J connectivity index is 1.36. The third-order valence-corrected chi connectivity index (χ3v) is 7.57. The second kappa shape index (κ2) is 10.5. The number of carbonyl (C=O) groups is 3. The Morgan fingerprint density at radius 2 is 1.71 bits per heavy atom. The van der Waals surface area contributed by atoms with Crippen molar-refractivity contribution in [1.29, 1.82) is 0 Å². The SMILES string of the molecule is CC[C@@H](C)NC(=O)[C@@H]1COC2(CCN(C(=O)c3ccc4c(c3)OCO4)CC2)N1C(=O)c1ccc(OC)cc1. The molecule has 3 heterocycles. The predicted molar refractivity (Wildman–Crippen MR) is 137 cm³/mol. The van der Waals surface area contributed by atoms with Crippen molar-refractivity contribution in [2.75, 3.05) is 33.6 Å². The van der Waals surface area contributed by atoms with Gasteiger partial charge in [0, 0.05) is 43.1 Å². The molecule has 0 aromatic heterocycles. The van der Waals surface area contributed by atoms with E-state index in [-0.39, 0.29) is 37.2 Å².